The zero-order valence-corrected chi connectivity index (χ0v) is 16.9. The molecule has 3 aromatic rings. The topological polar surface area (TPSA) is 38.0 Å². The lowest BCUT2D eigenvalue weighted by atomic mass is 10.1. The molecule has 0 aliphatic carbocycles. The van der Waals surface area contributed by atoms with E-state index in [2.05, 4.69) is 29.5 Å². The van der Waals surface area contributed by atoms with E-state index in [9.17, 15) is 5.11 Å². The van der Waals surface area contributed by atoms with Crippen LogP contribution in [0.3, 0.4) is 0 Å². The molecule has 136 valence electrons. The molecule has 2 heterocycles. The molecule has 0 aliphatic heterocycles. The number of benzene rings is 1. The van der Waals surface area contributed by atoms with Crippen molar-refractivity contribution in [2.24, 2.45) is 0 Å². The minimum atomic E-state index is -0.0122. The maximum atomic E-state index is 9.89. The zero-order valence-electron chi connectivity index (χ0n) is 14.6. The van der Waals surface area contributed by atoms with Gasteiger partial charge in [-0.25, -0.2) is 0 Å². The Morgan fingerprint density at radius 1 is 1.08 bits per heavy atom. The molecule has 0 atom stereocenters. The van der Waals surface area contributed by atoms with Crippen molar-refractivity contribution in [2.45, 2.75) is 42.8 Å². The number of hydrogen-bond donors (Lipinski definition) is 1. The molecule has 3 rings (SSSR count). The molecule has 0 amide bonds. The van der Waals surface area contributed by atoms with E-state index < -0.39 is 0 Å². The molecule has 1 aromatic carbocycles. The summed E-state index contributed by atoms with van der Waals surface area (Å²) in [5.41, 5.74) is 3.22. The molecule has 0 saturated heterocycles. The highest BCUT2D eigenvalue weighted by atomic mass is 35.5. The van der Waals surface area contributed by atoms with E-state index in [0.717, 1.165) is 21.2 Å². The smallest absolute Gasteiger partial charge is 0.0837 e. The predicted octanol–water partition coefficient (Wildman–Crippen LogP) is 6.01. The molecule has 1 N–H and O–H groups in total. The third-order valence-corrected chi connectivity index (χ3v) is 5.64. The normalized spacial score (nSPS) is 11.3. The van der Waals surface area contributed by atoms with Gasteiger partial charge in [-0.3, -0.25) is 4.98 Å². The number of rotatable bonds is 6. The van der Waals surface area contributed by atoms with E-state index in [-0.39, 0.29) is 6.61 Å². The fourth-order valence-electron chi connectivity index (χ4n) is 2.81. The predicted molar refractivity (Wildman–Crippen MR) is 108 cm³/mol. The van der Waals surface area contributed by atoms with Crippen LogP contribution in [0.15, 0.2) is 58.7 Å². The van der Waals surface area contributed by atoms with Crippen LogP contribution in [0.2, 0.25) is 10.0 Å². The zero-order chi connectivity index (χ0) is 18.7. The lowest BCUT2D eigenvalue weighted by molar-refractivity contribution is 0.270. The van der Waals surface area contributed by atoms with E-state index in [1.807, 2.05) is 24.3 Å². The molecule has 6 heteroatoms. The maximum absolute atomic E-state index is 9.89. The van der Waals surface area contributed by atoms with Crippen LogP contribution in [-0.4, -0.2) is 14.7 Å². The van der Waals surface area contributed by atoms with Gasteiger partial charge < -0.3 is 9.67 Å². The monoisotopic (exact) mass is 406 g/mol. The summed E-state index contributed by atoms with van der Waals surface area (Å²) in [7, 11) is 0. The Morgan fingerprint density at radius 3 is 2.31 bits per heavy atom. The Balaban J connectivity index is 2.07. The lowest BCUT2D eigenvalue weighted by Gasteiger charge is -2.15. The largest absolute Gasteiger partial charge is 0.390 e. The average Bonchev–Trinajstić information content (AvgIpc) is 2.93. The van der Waals surface area contributed by atoms with Gasteiger partial charge in [0.15, 0.2) is 0 Å². The van der Waals surface area contributed by atoms with Crippen molar-refractivity contribution < 1.29 is 5.11 Å². The minimum absolute atomic E-state index is 0.0122. The van der Waals surface area contributed by atoms with Crippen LogP contribution in [0.25, 0.3) is 0 Å². The highest BCUT2D eigenvalue weighted by Gasteiger charge is 2.19. The molecule has 26 heavy (non-hydrogen) atoms. The Bertz CT molecular complexity index is 874. The molecule has 0 spiro atoms. The van der Waals surface area contributed by atoms with Gasteiger partial charge in [-0.2, -0.15) is 0 Å². The molecule has 0 bridgehead atoms. The van der Waals surface area contributed by atoms with Gasteiger partial charge in [-0.15, -0.1) is 0 Å². The Hall–Kier alpha value is -1.46. The molecular weight excluding hydrogens is 387 g/mol. The Morgan fingerprint density at radius 2 is 1.73 bits per heavy atom. The molecule has 2 aromatic heterocycles. The van der Waals surface area contributed by atoms with Crippen molar-refractivity contribution in [2.75, 3.05) is 0 Å². The van der Waals surface area contributed by atoms with Crippen molar-refractivity contribution in [1.82, 2.24) is 9.55 Å². The van der Waals surface area contributed by atoms with Crippen LogP contribution in [0.1, 0.15) is 36.6 Å². The van der Waals surface area contributed by atoms with Gasteiger partial charge in [0.25, 0.3) is 0 Å². The van der Waals surface area contributed by atoms with Crippen LogP contribution in [0, 0.1) is 0 Å². The Labute approximate surface area is 168 Å². The maximum Gasteiger partial charge on any atom is 0.0837 e. The average molecular weight is 407 g/mol. The van der Waals surface area contributed by atoms with Crippen molar-refractivity contribution in [3.05, 3.63) is 75.7 Å². The van der Waals surface area contributed by atoms with E-state index in [1.165, 1.54) is 5.56 Å². The van der Waals surface area contributed by atoms with E-state index >= 15 is 0 Å². The van der Waals surface area contributed by atoms with Crippen LogP contribution in [0.4, 0.5) is 0 Å². The second-order valence-electron chi connectivity index (χ2n) is 6.36. The number of halogens is 2. The van der Waals surface area contributed by atoms with Gasteiger partial charge in [-0.05, 0) is 53.4 Å². The fraction of sp³-hybridized carbons (Fsp3) is 0.250. The molecule has 0 aliphatic rings. The van der Waals surface area contributed by atoms with Crippen LogP contribution < -0.4 is 0 Å². The summed E-state index contributed by atoms with van der Waals surface area (Å²) in [5, 5.41) is 12.2. The fourth-order valence-corrected chi connectivity index (χ4v) is 4.76. The van der Waals surface area contributed by atoms with Crippen molar-refractivity contribution >= 4 is 35.0 Å². The second kappa shape index (κ2) is 8.49. The first kappa shape index (κ1) is 19.3. The summed E-state index contributed by atoms with van der Waals surface area (Å²) in [6, 6.07) is 11.6. The number of pyridine rings is 1. The highest BCUT2D eigenvalue weighted by molar-refractivity contribution is 7.99. The first-order valence-electron chi connectivity index (χ1n) is 8.34. The van der Waals surface area contributed by atoms with E-state index in [4.69, 9.17) is 23.2 Å². The highest BCUT2D eigenvalue weighted by Crippen LogP contribution is 2.38. The van der Waals surface area contributed by atoms with Crippen molar-refractivity contribution in [3.63, 3.8) is 0 Å². The summed E-state index contributed by atoms with van der Waals surface area (Å²) in [4.78, 5) is 5.05. The third kappa shape index (κ3) is 4.44. The number of aromatic nitrogens is 2. The third-order valence-electron chi connectivity index (χ3n) is 4.09. The number of nitrogens with zero attached hydrogens (tertiary/aromatic N) is 2. The molecular formula is C20H20Cl2N2OS. The molecule has 0 fully saturated rings. The lowest BCUT2D eigenvalue weighted by Crippen LogP contribution is -2.06. The quantitative estimate of drug-likeness (QED) is 0.544. The number of aliphatic hydroxyl groups excluding tert-OH is 1. The first-order valence-corrected chi connectivity index (χ1v) is 9.91. The van der Waals surface area contributed by atoms with Crippen LogP contribution in [-0.2, 0) is 13.2 Å². The standard InChI is InChI=1S/C20H20Cl2N2OS/c1-13(2)19-10-17(12-25)24(11-14-3-5-23-6-4-14)20(19)26-18-8-15(21)7-16(22)9-18/h3-10,13,25H,11-12H2,1-2H3. The Kier molecular flexibility index (Phi) is 6.30. The summed E-state index contributed by atoms with van der Waals surface area (Å²) in [6.45, 7) is 4.97. The summed E-state index contributed by atoms with van der Waals surface area (Å²) < 4.78 is 2.16. The van der Waals surface area contributed by atoms with Crippen molar-refractivity contribution in [3.8, 4) is 0 Å². The van der Waals surface area contributed by atoms with E-state index in [0.29, 0.717) is 22.5 Å². The van der Waals surface area contributed by atoms with Gasteiger partial charge in [0.1, 0.15) is 0 Å². The summed E-state index contributed by atoms with van der Waals surface area (Å²) in [5.74, 6) is 0.330. The number of aliphatic hydroxyl groups is 1. The van der Waals surface area contributed by atoms with Gasteiger partial charge in [-0.1, -0.05) is 48.8 Å². The number of hydrogen-bond acceptors (Lipinski definition) is 3. The van der Waals surface area contributed by atoms with Crippen LogP contribution in [0.5, 0.6) is 0 Å². The van der Waals surface area contributed by atoms with Gasteiger partial charge in [0.05, 0.1) is 11.6 Å². The minimum Gasteiger partial charge on any atom is -0.390 e. The summed E-state index contributed by atoms with van der Waals surface area (Å²) in [6.07, 6.45) is 3.56. The second-order valence-corrected chi connectivity index (χ2v) is 8.29. The molecule has 3 nitrogen and oxygen atoms in total. The van der Waals surface area contributed by atoms with Gasteiger partial charge in [0, 0.05) is 39.6 Å². The molecule has 0 saturated carbocycles. The van der Waals surface area contributed by atoms with Crippen LogP contribution >= 0.6 is 35.0 Å². The van der Waals surface area contributed by atoms with Gasteiger partial charge in [0.2, 0.25) is 0 Å². The molecule has 0 unspecified atom stereocenters. The van der Waals surface area contributed by atoms with Gasteiger partial charge >= 0.3 is 0 Å². The van der Waals surface area contributed by atoms with Crippen molar-refractivity contribution in [1.29, 1.82) is 0 Å². The summed E-state index contributed by atoms with van der Waals surface area (Å²) >= 11 is 14.0. The first-order chi connectivity index (χ1) is 12.5. The van der Waals surface area contributed by atoms with E-state index in [1.54, 1.807) is 30.2 Å². The molecule has 0 radical (unpaired) electrons. The SMILES string of the molecule is CC(C)c1cc(CO)n(Cc2ccncc2)c1Sc1cc(Cl)cc(Cl)c1.